The lowest BCUT2D eigenvalue weighted by molar-refractivity contribution is -0.122. The molecule has 1 spiro atoms. The number of nitrogens with zero attached hydrogens (tertiary/aromatic N) is 2. The fraction of sp³-hybridized carbons (Fsp3) is 0.632. The molecule has 4 rings (SSSR count). The van der Waals surface area contributed by atoms with Crippen LogP contribution in [-0.2, 0) is 14.9 Å². The second-order valence-electron chi connectivity index (χ2n) is 7.51. The molecule has 0 radical (unpaired) electrons. The van der Waals surface area contributed by atoms with Gasteiger partial charge in [0.15, 0.2) is 0 Å². The minimum absolute atomic E-state index is 0.105. The van der Waals surface area contributed by atoms with Gasteiger partial charge in [0.1, 0.15) is 5.82 Å². The average molecular weight is 358 g/mol. The van der Waals surface area contributed by atoms with Crippen molar-refractivity contribution in [1.29, 1.82) is 0 Å². The first-order valence-electron chi connectivity index (χ1n) is 9.56. The van der Waals surface area contributed by atoms with Gasteiger partial charge < -0.3 is 15.4 Å². The Morgan fingerprint density at radius 1 is 1.42 bits per heavy atom. The maximum absolute atomic E-state index is 12.6. The molecule has 1 atom stereocenters. The Bertz CT molecular complexity index is 700. The van der Waals surface area contributed by atoms with Gasteiger partial charge in [-0.3, -0.25) is 9.69 Å². The minimum Gasteiger partial charge on any atom is -0.450 e. The van der Waals surface area contributed by atoms with Crippen LogP contribution in [0.1, 0.15) is 44.6 Å². The molecule has 7 heteroatoms. The zero-order valence-corrected chi connectivity index (χ0v) is 15.2. The van der Waals surface area contributed by atoms with E-state index in [-0.39, 0.29) is 18.0 Å². The molecule has 2 amide bonds. The summed E-state index contributed by atoms with van der Waals surface area (Å²) >= 11 is 0. The van der Waals surface area contributed by atoms with E-state index in [0.717, 1.165) is 56.6 Å². The van der Waals surface area contributed by atoms with Crippen LogP contribution in [-0.4, -0.2) is 53.7 Å². The maximum Gasteiger partial charge on any atom is 0.407 e. The Balaban J connectivity index is 1.36. The molecule has 2 aliphatic heterocycles. The van der Waals surface area contributed by atoms with E-state index in [1.54, 1.807) is 6.20 Å². The van der Waals surface area contributed by atoms with Crippen LogP contribution >= 0.6 is 0 Å². The van der Waals surface area contributed by atoms with E-state index >= 15 is 0 Å². The van der Waals surface area contributed by atoms with E-state index in [9.17, 15) is 9.59 Å². The lowest BCUT2D eigenvalue weighted by atomic mass is 9.69. The third kappa shape index (κ3) is 2.94. The van der Waals surface area contributed by atoms with Gasteiger partial charge in [-0.2, -0.15) is 0 Å². The highest BCUT2D eigenvalue weighted by molar-refractivity contribution is 6.05. The Kier molecular flexibility index (Phi) is 4.56. The number of pyridine rings is 1. The Morgan fingerprint density at radius 3 is 3.00 bits per heavy atom. The number of aromatic nitrogens is 1. The number of hydrogen-bond acceptors (Lipinski definition) is 5. The molecule has 2 N–H and O–H groups in total. The average Bonchev–Trinajstić information content (AvgIpc) is 3.20. The fourth-order valence-electron chi connectivity index (χ4n) is 4.77. The standard InChI is InChI=1S/C19H26N4O3/c1-2-26-18(25)21-13-7-11-23(12-13)14-5-8-19(9-6-14)15-4-3-10-20-16(15)22-17(19)24/h3-4,10,13-14H,2,5-9,11-12H2,1H3,(H,21,25)(H,20,22,24). The Hall–Kier alpha value is -2.15. The molecule has 2 fully saturated rings. The zero-order valence-electron chi connectivity index (χ0n) is 15.2. The molecule has 1 saturated carbocycles. The van der Waals surface area contributed by atoms with Crippen molar-refractivity contribution in [1.82, 2.24) is 15.2 Å². The molecule has 3 heterocycles. The summed E-state index contributed by atoms with van der Waals surface area (Å²) in [5, 5.41) is 5.90. The molecule has 0 bridgehead atoms. The lowest BCUT2D eigenvalue weighted by Gasteiger charge is -2.39. The van der Waals surface area contributed by atoms with Crippen molar-refractivity contribution in [3.63, 3.8) is 0 Å². The Labute approximate surface area is 153 Å². The molecule has 1 aliphatic carbocycles. The monoisotopic (exact) mass is 358 g/mol. The zero-order chi connectivity index (χ0) is 18.1. The highest BCUT2D eigenvalue weighted by Crippen LogP contribution is 2.47. The number of hydrogen-bond donors (Lipinski definition) is 2. The van der Waals surface area contributed by atoms with Crippen LogP contribution in [0.4, 0.5) is 10.6 Å². The summed E-state index contributed by atoms with van der Waals surface area (Å²) in [7, 11) is 0. The largest absolute Gasteiger partial charge is 0.450 e. The van der Waals surface area contributed by atoms with Crippen LogP contribution in [0.3, 0.4) is 0 Å². The molecule has 26 heavy (non-hydrogen) atoms. The quantitative estimate of drug-likeness (QED) is 0.864. The second kappa shape index (κ2) is 6.87. The molecule has 1 unspecified atom stereocenters. The van der Waals surface area contributed by atoms with Crippen LogP contribution < -0.4 is 10.6 Å². The third-order valence-electron chi connectivity index (χ3n) is 6.13. The molecule has 1 aromatic heterocycles. The summed E-state index contributed by atoms with van der Waals surface area (Å²) in [6.45, 7) is 4.05. The van der Waals surface area contributed by atoms with Gasteiger partial charge in [0.2, 0.25) is 5.91 Å². The number of alkyl carbamates (subject to hydrolysis) is 1. The molecule has 3 aliphatic rings. The highest BCUT2D eigenvalue weighted by atomic mass is 16.5. The lowest BCUT2D eigenvalue weighted by Crippen LogP contribution is -2.45. The van der Waals surface area contributed by atoms with E-state index in [1.807, 2.05) is 19.1 Å². The van der Waals surface area contributed by atoms with Gasteiger partial charge in [-0.1, -0.05) is 6.07 Å². The smallest absolute Gasteiger partial charge is 0.407 e. The Morgan fingerprint density at radius 2 is 2.23 bits per heavy atom. The molecule has 7 nitrogen and oxygen atoms in total. The number of amides is 2. The van der Waals surface area contributed by atoms with Crippen LogP contribution in [0.25, 0.3) is 0 Å². The van der Waals surface area contributed by atoms with Gasteiger partial charge in [-0.05, 0) is 45.1 Å². The molecule has 1 aromatic rings. The maximum atomic E-state index is 12.6. The minimum atomic E-state index is -0.400. The van der Waals surface area contributed by atoms with E-state index in [2.05, 4.69) is 20.5 Å². The van der Waals surface area contributed by atoms with Crippen LogP contribution in [0.2, 0.25) is 0 Å². The number of ether oxygens (including phenoxy) is 1. The first-order chi connectivity index (χ1) is 12.6. The summed E-state index contributed by atoms with van der Waals surface area (Å²) in [4.78, 5) is 31.0. The molecular weight excluding hydrogens is 332 g/mol. The number of anilines is 1. The van der Waals surface area contributed by atoms with Crippen molar-refractivity contribution in [2.75, 3.05) is 25.0 Å². The van der Waals surface area contributed by atoms with Crippen LogP contribution in [0, 0.1) is 0 Å². The molecule has 140 valence electrons. The SMILES string of the molecule is CCOC(=O)NC1CCN(C2CCC3(CC2)C(=O)Nc2ncccc23)C1. The fourth-order valence-corrected chi connectivity index (χ4v) is 4.77. The van der Waals surface area contributed by atoms with Crippen molar-refractivity contribution in [3.05, 3.63) is 23.9 Å². The summed E-state index contributed by atoms with van der Waals surface area (Å²) in [5.74, 6) is 0.837. The summed E-state index contributed by atoms with van der Waals surface area (Å²) in [6, 6.07) is 4.59. The van der Waals surface area contributed by atoms with Gasteiger partial charge >= 0.3 is 6.09 Å². The normalized spacial score (nSPS) is 30.9. The van der Waals surface area contributed by atoms with E-state index < -0.39 is 5.41 Å². The van der Waals surface area contributed by atoms with Gasteiger partial charge in [0.05, 0.1) is 12.0 Å². The number of fused-ring (bicyclic) bond motifs is 2. The van der Waals surface area contributed by atoms with Gasteiger partial charge in [-0.25, -0.2) is 9.78 Å². The van der Waals surface area contributed by atoms with Gasteiger partial charge in [0, 0.05) is 36.9 Å². The second-order valence-corrected chi connectivity index (χ2v) is 7.51. The van der Waals surface area contributed by atoms with E-state index in [1.165, 1.54) is 0 Å². The van der Waals surface area contributed by atoms with Gasteiger partial charge in [-0.15, -0.1) is 0 Å². The molecule has 0 aromatic carbocycles. The van der Waals surface area contributed by atoms with Crippen molar-refractivity contribution in [3.8, 4) is 0 Å². The van der Waals surface area contributed by atoms with Gasteiger partial charge in [0.25, 0.3) is 0 Å². The summed E-state index contributed by atoms with van der Waals surface area (Å²) in [6.07, 6.45) is 6.05. The predicted molar refractivity (Wildman–Crippen MR) is 96.9 cm³/mol. The van der Waals surface area contributed by atoms with Crippen LogP contribution in [0.15, 0.2) is 18.3 Å². The number of likely N-dealkylation sites (tertiary alicyclic amines) is 1. The number of nitrogens with one attached hydrogen (secondary N) is 2. The predicted octanol–water partition coefficient (Wildman–Crippen LogP) is 2.03. The summed E-state index contributed by atoms with van der Waals surface area (Å²) in [5.41, 5.74) is 0.661. The van der Waals surface area contributed by atoms with Crippen molar-refractivity contribution < 1.29 is 14.3 Å². The van der Waals surface area contributed by atoms with Crippen molar-refractivity contribution in [2.45, 2.75) is 56.5 Å². The van der Waals surface area contributed by atoms with E-state index in [0.29, 0.717) is 12.6 Å². The molecular formula is C19H26N4O3. The van der Waals surface area contributed by atoms with Crippen LogP contribution in [0.5, 0.6) is 0 Å². The summed E-state index contributed by atoms with van der Waals surface area (Å²) < 4.78 is 4.97. The highest BCUT2D eigenvalue weighted by Gasteiger charge is 2.50. The number of carbonyl (C=O) groups is 2. The van der Waals surface area contributed by atoms with Crippen molar-refractivity contribution >= 4 is 17.8 Å². The topological polar surface area (TPSA) is 83.6 Å². The number of rotatable bonds is 3. The first-order valence-corrected chi connectivity index (χ1v) is 9.56. The third-order valence-corrected chi connectivity index (χ3v) is 6.13. The first kappa shape index (κ1) is 17.3. The van der Waals surface area contributed by atoms with Crippen molar-refractivity contribution in [2.24, 2.45) is 0 Å². The number of carbonyl (C=O) groups excluding carboxylic acids is 2. The molecule has 1 saturated heterocycles. The van der Waals surface area contributed by atoms with E-state index in [4.69, 9.17) is 4.74 Å².